The van der Waals surface area contributed by atoms with Gasteiger partial charge in [-0.25, -0.2) is 4.68 Å². The number of hydrogen-bond donors (Lipinski definition) is 1. The maximum absolute atomic E-state index is 9.50. The van der Waals surface area contributed by atoms with Gasteiger partial charge in [0.1, 0.15) is 11.4 Å². The predicted octanol–water partition coefficient (Wildman–Crippen LogP) is 2.94. The summed E-state index contributed by atoms with van der Waals surface area (Å²) in [5.74, 6) is 0.738. The smallest absolute Gasteiger partial charge is 0.121 e. The average molecular weight is 307 g/mol. The van der Waals surface area contributed by atoms with Crippen molar-refractivity contribution in [1.82, 2.24) is 15.0 Å². The van der Waals surface area contributed by atoms with Crippen molar-refractivity contribution in [3.63, 3.8) is 0 Å². The second kappa shape index (κ2) is 6.89. The van der Waals surface area contributed by atoms with E-state index in [0.717, 1.165) is 22.7 Å². The molecule has 5 heteroatoms. The second-order valence-corrected chi connectivity index (χ2v) is 4.94. The lowest BCUT2D eigenvalue weighted by atomic mass is 10.2. The van der Waals surface area contributed by atoms with E-state index in [1.807, 2.05) is 66.7 Å². The molecule has 0 bridgehead atoms. The monoisotopic (exact) mass is 307 g/mol. The van der Waals surface area contributed by atoms with Crippen LogP contribution < -0.4 is 4.74 Å². The van der Waals surface area contributed by atoms with Gasteiger partial charge in [-0.3, -0.25) is 0 Å². The number of rotatable bonds is 5. The zero-order valence-electron chi connectivity index (χ0n) is 12.8. The number of methoxy groups -OCH3 is 1. The van der Waals surface area contributed by atoms with Gasteiger partial charge in [0.15, 0.2) is 0 Å². The molecule has 0 amide bonds. The van der Waals surface area contributed by atoms with Crippen LogP contribution >= 0.6 is 0 Å². The molecule has 0 aliphatic rings. The third-order valence-corrected chi connectivity index (χ3v) is 3.46. The van der Waals surface area contributed by atoms with Gasteiger partial charge < -0.3 is 9.84 Å². The van der Waals surface area contributed by atoms with Gasteiger partial charge in [-0.15, -0.1) is 5.10 Å². The van der Waals surface area contributed by atoms with Crippen LogP contribution in [0.25, 0.3) is 17.8 Å². The third kappa shape index (κ3) is 3.30. The molecule has 2 aromatic carbocycles. The van der Waals surface area contributed by atoms with Crippen LogP contribution in [-0.2, 0) is 6.61 Å². The highest BCUT2D eigenvalue weighted by molar-refractivity contribution is 5.69. The van der Waals surface area contributed by atoms with Crippen LogP contribution in [0.5, 0.6) is 5.75 Å². The van der Waals surface area contributed by atoms with E-state index in [9.17, 15) is 5.11 Å². The molecule has 0 radical (unpaired) electrons. The molecule has 116 valence electrons. The number of aromatic nitrogens is 3. The molecule has 0 saturated heterocycles. The maximum Gasteiger partial charge on any atom is 0.121 e. The van der Waals surface area contributed by atoms with Gasteiger partial charge in [-0.1, -0.05) is 47.7 Å². The fourth-order valence-electron chi connectivity index (χ4n) is 2.27. The van der Waals surface area contributed by atoms with E-state index in [2.05, 4.69) is 10.3 Å². The molecule has 1 N–H and O–H groups in total. The number of benzene rings is 2. The molecule has 1 aromatic heterocycles. The Hall–Kier alpha value is -2.92. The Morgan fingerprint density at radius 2 is 1.91 bits per heavy atom. The molecular formula is C18H17N3O2. The van der Waals surface area contributed by atoms with Gasteiger partial charge in [-0.2, -0.15) is 0 Å². The first kappa shape index (κ1) is 15.0. The Kier molecular flexibility index (Phi) is 4.49. The van der Waals surface area contributed by atoms with Crippen LogP contribution in [0.4, 0.5) is 0 Å². The van der Waals surface area contributed by atoms with E-state index in [-0.39, 0.29) is 6.61 Å². The minimum absolute atomic E-state index is 0.168. The number of ether oxygens (including phenoxy) is 1. The molecule has 0 aliphatic carbocycles. The summed E-state index contributed by atoms with van der Waals surface area (Å²) in [5, 5.41) is 17.7. The number of aliphatic hydroxyl groups is 1. The van der Waals surface area contributed by atoms with Crippen molar-refractivity contribution in [3.8, 4) is 11.4 Å². The van der Waals surface area contributed by atoms with Crippen molar-refractivity contribution in [3.05, 3.63) is 71.5 Å². The normalized spacial score (nSPS) is 11.0. The first-order valence-electron chi connectivity index (χ1n) is 7.25. The average Bonchev–Trinajstić information content (AvgIpc) is 3.04. The summed E-state index contributed by atoms with van der Waals surface area (Å²) in [6.07, 6.45) is 3.87. The highest BCUT2D eigenvalue weighted by Crippen LogP contribution is 2.20. The van der Waals surface area contributed by atoms with Crippen LogP contribution in [0.3, 0.4) is 0 Å². The Bertz CT molecular complexity index is 810. The first-order chi connectivity index (χ1) is 11.3. The van der Waals surface area contributed by atoms with Crippen LogP contribution in [0.2, 0.25) is 0 Å². The van der Waals surface area contributed by atoms with Crippen molar-refractivity contribution >= 4 is 12.2 Å². The van der Waals surface area contributed by atoms with E-state index >= 15 is 0 Å². The van der Waals surface area contributed by atoms with E-state index in [0.29, 0.717) is 5.69 Å². The van der Waals surface area contributed by atoms with E-state index in [1.165, 1.54) is 0 Å². The molecule has 0 spiro atoms. The van der Waals surface area contributed by atoms with E-state index < -0.39 is 0 Å². The quantitative estimate of drug-likeness (QED) is 0.787. The van der Waals surface area contributed by atoms with Crippen molar-refractivity contribution in [1.29, 1.82) is 0 Å². The predicted molar refractivity (Wildman–Crippen MR) is 89.2 cm³/mol. The standard InChI is InChI=1S/C18H17N3O2/c1-23-16-9-5-8-15(12-16)21-18(17(13-22)19-20-21)11-10-14-6-3-2-4-7-14/h2-12,22H,13H2,1H3/b11-10+. The summed E-state index contributed by atoms with van der Waals surface area (Å²) in [4.78, 5) is 0. The molecule has 3 aromatic rings. The van der Waals surface area contributed by atoms with Crippen LogP contribution in [0.1, 0.15) is 17.0 Å². The third-order valence-electron chi connectivity index (χ3n) is 3.46. The molecule has 1 heterocycles. The molecule has 23 heavy (non-hydrogen) atoms. The molecule has 0 aliphatic heterocycles. The van der Waals surface area contributed by atoms with Crippen LogP contribution in [-0.4, -0.2) is 27.2 Å². The summed E-state index contributed by atoms with van der Waals surface area (Å²) >= 11 is 0. The minimum Gasteiger partial charge on any atom is -0.497 e. The zero-order valence-corrected chi connectivity index (χ0v) is 12.8. The van der Waals surface area contributed by atoms with Crippen molar-refractivity contribution in [2.24, 2.45) is 0 Å². The largest absolute Gasteiger partial charge is 0.497 e. The highest BCUT2D eigenvalue weighted by Gasteiger charge is 2.11. The summed E-state index contributed by atoms with van der Waals surface area (Å²) < 4.78 is 6.94. The fraction of sp³-hybridized carbons (Fsp3) is 0.111. The Labute approximate surface area is 134 Å². The number of nitrogens with zero attached hydrogens (tertiary/aromatic N) is 3. The Morgan fingerprint density at radius 3 is 2.65 bits per heavy atom. The Balaban J connectivity index is 2.02. The van der Waals surface area contributed by atoms with Gasteiger partial charge >= 0.3 is 0 Å². The molecule has 0 atom stereocenters. The maximum atomic E-state index is 9.50. The highest BCUT2D eigenvalue weighted by atomic mass is 16.5. The van der Waals surface area contributed by atoms with Gasteiger partial charge in [0, 0.05) is 6.07 Å². The molecule has 0 saturated carbocycles. The van der Waals surface area contributed by atoms with Crippen molar-refractivity contribution in [2.75, 3.05) is 7.11 Å². The Morgan fingerprint density at radius 1 is 1.09 bits per heavy atom. The number of aliphatic hydroxyl groups excluding tert-OH is 1. The van der Waals surface area contributed by atoms with Gasteiger partial charge in [0.2, 0.25) is 0 Å². The topological polar surface area (TPSA) is 60.2 Å². The van der Waals surface area contributed by atoms with Crippen molar-refractivity contribution in [2.45, 2.75) is 6.61 Å². The first-order valence-corrected chi connectivity index (χ1v) is 7.25. The number of hydrogen-bond acceptors (Lipinski definition) is 4. The van der Waals surface area contributed by atoms with Crippen LogP contribution in [0.15, 0.2) is 54.6 Å². The summed E-state index contributed by atoms with van der Waals surface area (Å²) in [5.41, 5.74) is 3.16. The van der Waals surface area contributed by atoms with Gasteiger partial charge in [0.25, 0.3) is 0 Å². The van der Waals surface area contributed by atoms with E-state index in [1.54, 1.807) is 11.8 Å². The van der Waals surface area contributed by atoms with Gasteiger partial charge in [0.05, 0.1) is 25.1 Å². The molecule has 0 unspecified atom stereocenters. The van der Waals surface area contributed by atoms with Crippen molar-refractivity contribution < 1.29 is 9.84 Å². The van der Waals surface area contributed by atoms with Crippen LogP contribution in [0, 0.1) is 0 Å². The lowest BCUT2D eigenvalue weighted by molar-refractivity contribution is 0.276. The zero-order chi connectivity index (χ0) is 16.1. The molecular weight excluding hydrogens is 290 g/mol. The SMILES string of the molecule is COc1cccc(-n2nnc(CO)c2/C=C/c2ccccc2)c1. The lowest BCUT2D eigenvalue weighted by Crippen LogP contribution is -2.00. The lowest BCUT2D eigenvalue weighted by Gasteiger charge is -2.06. The van der Waals surface area contributed by atoms with E-state index in [4.69, 9.17) is 4.74 Å². The summed E-state index contributed by atoms with van der Waals surface area (Å²) in [6, 6.07) is 17.5. The summed E-state index contributed by atoms with van der Waals surface area (Å²) in [6.45, 7) is -0.168. The fourth-order valence-corrected chi connectivity index (χ4v) is 2.27. The molecule has 3 rings (SSSR count). The summed E-state index contributed by atoms with van der Waals surface area (Å²) in [7, 11) is 1.62. The minimum atomic E-state index is -0.168. The second-order valence-electron chi connectivity index (χ2n) is 4.94. The molecule has 0 fully saturated rings. The van der Waals surface area contributed by atoms with Gasteiger partial charge in [-0.05, 0) is 23.8 Å². The molecule has 5 nitrogen and oxygen atoms in total.